The van der Waals surface area contributed by atoms with Gasteiger partial charge in [-0.1, -0.05) is 36.2 Å². The predicted molar refractivity (Wildman–Crippen MR) is 87.9 cm³/mol. The Balaban J connectivity index is 2.43. The van der Waals surface area contributed by atoms with Gasteiger partial charge in [0.1, 0.15) is 0 Å². The van der Waals surface area contributed by atoms with Crippen molar-refractivity contribution < 1.29 is 9.47 Å². The van der Waals surface area contributed by atoms with Crippen LogP contribution in [0.3, 0.4) is 0 Å². The first-order valence-corrected chi connectivity index (χ1v) is 8.01. The van der Waals surface area contributed by atoms with Crippen LogP contribution in [-0.2, 0) is 6.42 Å². The van der Waals surface area contributed by atoms with E-state index in [9.17, 15) is 0 Å². The molecule has 1 aromatic carbocycles. The lowest BCUT2D eigenvalue weighted by Crippen LogP contribution is -2.23. The zero-order valence-electron chi connectivity index (χ0n) is 13.0. The van der Waals surface area contributed by atoms with Gasteiger partial charge in [0.2, 0.25) is 0 Å². The molecule has 4 heteroatoms. The Hall–Kier alpha value is -0.740. The minimum absolute atomic E-state index is 0.579. The third-order valence-corrected chi connectivity index (χ3v) is 3.97. The molecule has 0 radical (unpaired) electrons. The predicted octanol–water partition coefficient (Wildman–Crippen LogP) is 4.18. The molecule has 1 N–H and O–H groups in total. The van der Waals surface area contributed by atoms with Crippen LogP contribution in [-0.4, -0.2) is 26.8 Å². The van der Waals surface area contributed by atoms with Gasteiger partial charge in [-0.2, -0.15) is 0 Å². The Morgan fingerprint density at radius 3 is 2.30 bits per heavy atom. The van der Waals surface area contributed by atoms with E-state index >= 15 is 0 Å². The monoisotopic (exact) mass is 343 g/mol. The standard InChI is InChI=1S/C16H26BrNO2/c1-12(2)18-9-7-5-6-8-13-10-15(19-3)16(20-4)11-14(13)17/h10-12,18H,5-9H2,1-4H3. The van der Waals surface area contributed by atoms with E-state index in [4.69, 9.17) is 9.47 Å². The fraction of sp³-hybridized carbons (Fsp3) is 0.625. The molecule has 0 aromatic heterocycles. The maximum Gasteiger partial charge on any atom is 0.161 e. The summed E-state index contributed by atoms with van der Waals surface area (Å²) in [5.41, 5.74) is 1.28. The number of halogens is 1. The summed E-state index contributed by atoms with van der Waals surface area (Å²) in [6, 6.07) is 4.62. The minimum Gasteiger partial charge on any atom is -0.493 e. The second kappa shape index (κ2) is 9.24. The molecule has 1 rings (SSSR count). The van der Waals surface area contributed by atoms with Gasteiger partial charge in [-0.05, 0) is 43.5 Å². The molecule has 0 bridgehead atoms. The molecule has 0 atom stereocenters. The van der Waals surface area contributed by atoms with Gasteiger partial charge in [-0.25, -0.2) is 0 Å². The quantitative estimate of drug-likeness (QED) is 0.682. The number of methoxy groups -OCH3 is 2. The average Bonchev–Trinajstić information content (AvgIpc) is 2.43. The number of benzene rings is 1. The summed E-state index contributed by atoms with van der Waals surface area (Å²) in [6.45, 7) is 5.46. The molecule has 0 aliphatic rings. The number of aryl methyl sites for hydroxylation is 1. The highest BCUT2D eigenvalue weighted by molar-refractivity contribution is 9.10. The summed E-state index contributed by atoms with van der Waals surface area (Å²) in [5.74, 6) is 1.57. The number of ether oxygens (including phenoxy) is 2. The lowest BCUT2D eigenvalue weighted by atomic mass is 10.1. The largest absolute Gasteiger partial charge is 0.493 e. The van der Waals surface area contributed by atoms with Crippen LogP contribution in [0.2, 0.25) is 0 Å². The van der Waals surface area contributed by atoms with E-state index in [1.165, 1.54) is 24.8 Å². The Kier molecular flexibility index (Phi) is 8.00. The van der Waals surface area contributed by atoms with Gasteiger partial charge in [-0.3, -0.25) is 0 Å². The fourth-order valence-corrected chi connectivity index (χ4v) is 2.62. The van der Waals surface area contributed by atoms with Crippen LogP contribution in [0.1, 0.15) is 38.7 Å². The van der Waals surface area contributed by atoms with Crippen molar-refractivity contribution in [2.24, 2.45) is 0 Å². The Morgan fingerprint density at radius 2 is 1.70 bits per heavy atom. The second-order valence-corrected chi connectivity index (χ2v) is 6.07. The molecule has 20 heavy (non-hydrogen) atoms. The van der Waals surface area contributed by atoms with E-state index in [1.54, 1.807) is 14.2 Å². The SMILES string of the molecule is COc1cc(Br)c(CCCCCNC(C)C)cc1OC. The summed E-state index contributed by atoms with van der Waals surface area (Å²) in [7, 11) is 3.33. The topological polar surface area (TPSA) is 30.5 Å². The Morgan fingerprint density at radius 1 is 1.05 bits per heavy atom. The molecule has 3 nitrogen and oxygen atoms in total. The van der Waals surface area contributed by atoms with E-state index < -0.39 is 0 Å². The number of hydrogen-bond acceptors (Lipinski definition) is 3. The first kappa shape index (κ1) is 17.3. The normalized spacial score (nSPS) is 10.9. The summed E-state index contributed by atoms with van der Waals surface area (Å²) in [5, 5.41) is 3.44. The maximum absolute atomic E-state index is 5.35. The van der Waals surface area contributed by atoms with Crippen molar-refractivity contribution in [1.29, 1.82) is 0 Å². The van der Waals surface area contributed by atoms with Gasteiger partial charge in [-0.15, -0.1) is 0 Å². The van der Waals surface area contributed by atoms with E-state index in [2.05, 4.69) is 41.2 Å². The van der Waals surface area contributed by atoms with Crippen LogP contribution in [0.5, 0.6) is 11.5 Å². The molecule has 1 aromatic rings. The van der Waals surface area contributed by atoms with E-state index in [0.717, 1.165) is 28.9 Å². The number of unbranched alkanes of at least 4 members (excludes halogenated alkanes) is 2. The van der Waals surface area contributed by atoms with Crippen LogP contribution >= 0.6 is 15.9 Å². The molecule has 0 fully saturated rings. The van der Waals surface area contributed by atoms with Crippen molar-refractivity contribution in [2.75, 3.05) is 20.8 Å². The van der Waals surface area contributed by atoms with Gasteiger partial charge in [0.05, 0.1) is 14.2 Å². The molecule has 0 aliphatic heterocycles. The molecular formula is C16H26BrNO2. The van der Waals surface area contributed by atoms with Crippen LogP contribution in [0, 0.1) is 0 Å². The van der Waals surface area contributed by atoms with Crippen molar-refractivity contribution in [3.8, 4) is 11.5 Å². The van der Waals surface area contributed by atoms with Crippen LogP contribution in [0.25, 0.3) is 0 Å². The molecule has 114 valence electrons. The Labute approximate surface area is 131 Å². The highest BCUT2D eigenvalue weighted by atomic mass is 79.9. The van der Waals surface area contributed by atoms with E-state index in [0.29, 0.717) is 6.04 Å². The molecule has 0 saturated carbocycles. The second-order valence-electron chi connectivity index (χ2n) is 5.22. The van der Waals surface area contributed by atoms with Crippen molar-refractivity contribution in [3.63, 3.8) is 0 Å². The first-order valence-electron chi connectivity index (χ1n) is 7.22. The van der Waals surface area contributed by atoms with E-state index in [1.807, 2.05) is 6.07 Å². The first-order chi connectivity index (χ1) is 9.58. The zero-order valence-corrected chi connectivity index (χ0v) is 14.5. The molecule has 0 spiro atoms. The number of hydrogen-bond donors (Lipinski definition) is 1. The van der Waals surface area contributed by atoms with Gasteiger partial charge < -0.3 is 14.8 Å². The maximum atomic E-state index is 5.35. The zero-order chi connectivity index (χ0) is 15.0. The molecular weight excluding hydrogens is 318 g/mol. The van der Waals surface area contributed by atoms with Gasteiger partial charge in [0, 0.05) is 10.5 Å². The van der Waals surface area contributed by atoms with Crippen LogP contribution in [0.15, 0.2) is 16.6 Å². The van der Waals surface area contributed by atoms with Gasteiger partial charge >= 0.3 is 0 Å². The Bertz CT molecular complexity index is 408. The highest BCUT2D eigenvalue weighted by Crippen LogP contribution is 2.33. The van der Waals surface area contributed by atoms with Crippen molar-refractivity contribution in [1.82, 2.24) is 5.32 Å². The minimum atomic E-state index is 0.579. The third kappa shape index (κ3) is 5.71. The van der Waals surface area contributed by atoms with E-state index in [-0.39, 0.29) is 0 Å². The summed E-state index contributed by atoms with van der Waals surface area (Å²) < 4.78 is 11.7. The smallest absolute Gasteiger partial charge is 0.161 e. The summed E-state index contributed by atoms with van der Waals surface area (Å²) in [4.78, 5) is 0. The number of nitrogens with one attached hydrogen (secondary N) is 1. The average molecular weight is 344 g/mol. The molecule has 0 unspecified atom stereocenters. The molecule has 0 aliphatic carbocycles. The summed E-state index contributed by atoms with van der Waals surface area (Å²) >= 11 is 3.61. The fourth-order valence-electron chi connectivity index (χ4n) is 2.10. The number of rotatable bonds is 9. The lowest BCUT2D eigenvalue weighted by molar-refractivity contribution is 0.354. The van der Waals surface area contributed by atoms with Gasteiger partial charge in [0.25, 0.3) is 0 Å². The molecule has 0 amide bonds. The molecule has 0 heterocycles. The lowest BCUT2D eigenvalue weighted by Gasteiger charge is -2.12. The van der Waals surface area contributed by atoms with Gasteiger partial charge in [0.15, 0.2) is 11.5 Å². The van der Waals surface area contributed by atoms with Crippen molar-refractivity contribution in [2.45, 2.75) is 45.6 Å². The van der Waals surface area contributed by atoms with Crippen molar-refractivity contribution in [3.05, 3.63) is 22.2 Å². The van der Waals surface area contributed by atoms with Crippen LogP contribution in [0.4, 0.5) is 0 Å². The molecule has 0 saturated heterocycles. The third-order valence-electron chi connectivity index (χ3n) is 3.23. The van der Waals surface area contributed by atoms with Crippen LogP contribution < -0.4 is 14.8 Å². The summed E-state index contributed by atoms with van der Waals surface area (Å²) in [6.07, 6.45) is 4.71. The highest BCUT2D eigenvalue weighted by Gasteiger charge is 2.09. The van der Waals surface area contributed by atoms with Crippen molar-refractivity contribution >= 4 is 15.9 Å².